The van der Waals surface area contributed by atoms with E-state index in [0.29, 0.717) is 5.02 Å². The molecule has 0 unspecified atom stereocenters. The van der Waals surface area contributed by atoms with Crippen LogP contribution >= 0.6 is 22.9 Å². The van der Waals surface area contributed by atoms with Gasteiger partial charge >= 0.3 is 0 Å². The highest BCUT2D eigenvalue weighted by Crippen LogP contribution is 2.31. The van der Waals surface area contributed by atoms with Gasteiger partial charge in [0.25, 0.3) is 0 Å². The minimum Gasteiger partial charge on any atom is -0.373 e. The van der Waals surface area contributed by atoms with E-state index in [1.807, 2.05) is 25.2 Å². The summed E-state index contributed by atoms with van der Waals surface area (Å²) in [6.07, 6.45) is 0.977. The Kier molecular flexibility index (Phi) is 3.59. The fraction of sp³-hybridized carbons (Fsp3) is 0.200. The summed E-state index contributed by atoms with van der Waals surface area (Å²) in [5.74, 6) is 1.59. The molecule has 3 rings (SSSR count). The molecule has 0 saturated carbocycles. The molecule has 2 heterocycles. The topological polar surface area (TPSA) is 37.8 Å². The second kappa shape index (κ2) is 5.38. The van der Waals surface area contributed by atoms with Gasteiger partial charge < -0.3 is 5.32 Å². The summed E-state index contributed by atoms with van der Waals surface area (Å²) >= 11 is 7.75. The van der Waals surface area contributed by atoms with Gasteiger partial charge in [0.1, 0.15) is 5.82 Å². The van der Waals surface area contributed by atoms with E-state index in [0.717, 1.165) is 33.8 Å². The summed E-state index contributed by atoms with van der Waals surface area (Å²) in [6.45, 7) is 2.14. The van der Waals surface area contributed by atoms with Crippen LogP contribution in [0.1, 0.15) is 12.5 Å². The highest BCUT2D eigenvalue weighted by atomic mass is 35.5. The van der Waals surface area contributed by atoms with E-state index in [4.69, 9.17) is 11.6 Å². The van der Waals surface area contributed by atoms with Crippen LogP contribution < -0.4 is 5.32 Å². The van der Waals surface area contributed by atoms with Crippen molar-refractivity contribution in [3.8, 4) is 10.7 Å². The highest BCUT2D eigenvalue weighted by molar-refractivity contribution is 7.13. The quantitative estimate of drug-likeness (QED) is 0.767. The highest BCUT2D eigenvalue weighted by Gasteiger charge is 2.12. The Morgan fingerprint density at radius 1 is 1.25 bits per heavy atom. The van der Waals surface area contributed by atoms with Crippen LogP contribution in [0.4, 0.5) is 5.82 Å². The van der Waals surface area contributed by atoms with Crippen LogP contribution in [0.3, 0.4) is 0 Å². The number of hydrogen-bond donors (Lipinski definition) is 1. The Bertz CT molecular complexity index is 767. The first-order valence-corrected chi connectivity index (χ1v) is 7.70. The van der Waals surface area contributed by atoms with Crippen molar-refractivity contribution in [1.29, 1.82) is 0 Å². The number of halogens is 1. The molecule has 0 aliphatic rings. The van der Waals surface area contributed by atoms with E-state index >= 15 is 0 Å². The molecule has 3 aromatic rings. The van der Waals surface area contributed by atoms with Crippen LogP contribution in [0.25, 0.3) is 21.6 Å². The molecule has 0 aliphatic heterocycles. The van der Waals surface area contributed by atoms with Crippen LogP contribution in [-0.2, 0) is 6.42 Å². The number of aromatic nitrogens is 2. The van der Waals surface area contributed by atoms with E-state index < -0.39 is 0 Å². The number of fused-ring (bicyclic) bond motifs is 1. The van der Waals surface area contributed by atoms with Crippen molar-refractivity contribution in [3.05, 3.63) is 40.2 Å². The molecule has 102 valence electrons. The Balaban J connectivity index is 2.27. The lowest BCUT2D eigenvalue weighted by Gasteiger charge is -2.08. The van der Waals surface area contributed by atoms with Crippen molar-refractivity contribution in [2.75, 3.05) is 12.4 Å². The van der Waals surface area contributed by atoms with Gasteiger partial charge in [0.15, 0.2) is 5.82 Å². The maximum absolute atomic E-state index is 6.07. The van der Waals surface area contributed by atoms with Gasteiger partial charge in [-0.15, -0.1) is 11.3 Å². The third-order valence-corrected chi connectivity index (χ3v) is 4.41. The minimum absolute atomic E-state index is 0.686. The van der Waals surface area contributed by atoms with E-state index in [2.05, 4.69) is 33.7 Å². The predicted octanol–water partition coefficient (Wildman–Crippen LogP) is 4.62. The zero-order valence-corrected chi connectivity index (χ0v) is 12.8. The lowest BCUT2D eigenvalue weighted by atomic mass is 10.2. The van der Waals surface area contributed by atoms with Gasteiger partial charge in [-0.2, -0.15) is 0 Å². The van der Waals surface area contributed by atoms with Gasteiger partial charge in [0.05, 0.1) is 10.4 Å². The number of nitrogens with one attached hydrogen (secondary N) is 1. The zero-order valence-electron chi connectivity index (χ0n) is 11.3. The van der Waals surface area contributed by atoms with Crippen LogP contribution in [0.2, 0.25) is 5.02 Å². The SMILES string of the molecule is CCc1ccsc1-c1nc(NC)c2ccc(Cl)cc2n1. The van der Waals surface area contributed by atoms with E-state index in [1.165, 1.54) is 5.56 Å². The van der Waals surface area contributed by atoms with Crippen molar-refractivity contribution in [2.45, 2.75) is 13.3 Å². The molecule has 0 aliphatic carbocycles. The second-order valence-corrected chi connectivity index (χ2v) is 5.79. The molecule has 0 radical (unpaired) electrons. The third kappa shape index (κ3) is 2.25. The largest absolute Gasteiger partial charge is 0.373 e. The van der Waals surface area contributed by atoms with Crippen molar-refractivity contribution >= 4 is 39.7 Å². The smallest absolute Gasteiger partial charge is 0.172 e. The molecule has 0 spiro atoms. The monoisotopic (exact) mass is 303 g/mol. The molecule has 0 amide bonds. The predicted molar refractivity (Wildman–Crippen MR) is 86.8 cm³/mol. The summed E-state index contributed by atoms with van der Waals surface area (Å²) in [5, 5.41) is 6.89. The first kappa shape index (κ1) is 13.3. The van der Waals surface area contributed by atoms with Crippen LogP contribution in [0, 0.1) is 0 Å². The maximum atomic E-state index is 6.07. The Morgan fingerprint density at radius 2 is 2.10 bits per heavy atom. The number of rotatable bonds is 3. The average Bonchev–Trinajstić information content (AvgIpc) is 2.94. The molecule has 20 heavy (non-hydrogen) atoms. The van der Waals surface area contributed by atoms with E-state index in [-0.39, 0.29) is 0 Å². The van der Waals surface area contributed by atoms with Gasteiger partial charge in [-0.3, -0.25) is 0 Å². The fourth-order valence-electron chi connectivity index (χ4n) is 2.21. The normalized spacial score (nSPS) is 10.9. The Labute approximate surface area is 126 Å². The number of hydrogen-bond acceptors (Lipinski definition) is 4. The number of thiophene rings is 1. The maximum Gasteiger partial charge on any atom is 0.172 e. The van der Waals surface area contributed by atoms with Crippen LogP contribution in [-0.4, -0.2) is 17.0 Å². The molecule has 2 aromatic heterocycles. The van der Waals surface area contributed by atoms with Crippen molar-refractivity contribution in [2.24, 2.45) is 0 Å². The van der Waals surface area contributed by atoms with Crippen molar-refractivity contribution in [1.82, 2.24) is 9.97 Å². The molecular formula is C15H14ClN3S. The molecule has 5 heteroatoms. The molecule has 0 fully saturated rings. The summed E-state index contributed by atoms with van der Waals surface area (Å²) in [7, 11) is 1.87. The van der Waals surface area contributed by atoms with Crippen molar-refractivity contribution < 1.29 is 0 Å². The summed E-state index contributed by atoms with van der Waals surface area (Å²) in [4.78, 5) is 10.4. The Hall–Kier alpha value is -1.65. The number of aryl methyl sites for hydroxylation is 1. The van der Waals surface area contributed by atoms with Gasteiger partial charge in [-0.05, 0) is 41.6 Å². The lowest BCUT2D eigenvalue weighted by Crippen LogP contribution is -1.99. The first-order chi connectivity index (χ1) is 9.72. The summed E-state index contributed by atoms with van der Waals surface area (Å²) in [5.41, 5.74) is 2.14. The third-order valence-electron chi connectivity index (χ3n) is 3.23. The molecule has 1 aromatic carbocycles. The van der Waals surface area contributed by atoms with Gasteiger partial charge in [-0.25, -0.2) is 9.97 Å². The van der Waals surface area contributed by atoms with Crippen LogP contribution in [0.15, 0.2) is 29.6 Å². The standard InChI is InChI=1S/C15H14ClN3S/c1-3-9-6-7-20-13(9)15-18-12-8-10(16)4-5-11(12)14(17-2)19-15/h4-8H,3H2,1-2H3,(H,17,18,19). The number of benzene rings is 1. The van der Waals surface area contributed by atoms with Gasteiger partial charge in [-0.1, -0.05) is 18.5 Å². The lowest BCUT2D eigenvalue weighted by molar-refractivity contribution is 1.14. The fourth-order valence-corrected chi connectivity index (χ4v) is 3.30. The minimum atomic E-state index is 0.686. The van der Waals surface area contributed by atoms with Crippen molar-refractivity contribution in [3.63, 3.8) is 0 Å². The first-order valence-electron chi connectivity index (χ1n) is 6.44. The summed E-state index contributed by atoms with van der Waals surface area (Å²) in [6, 6.07) is 7.81. The molecule has 1 N–H and O–H groups in total. The molecule has 0 saturated heterocycles. The van der Waals surface area contributed by atoms with Crippen LogP contribution in [0.5, 0.6) is 0 Å². The number of nitrogens with zero attached hydrogens (tertiary/aromatic N) is 2. The molecular weight excluding hydrogens is 290 g/mol. The zero-order chi connectivity index (χ0) is 14.1. The van der Waals surface area contributed by atoms with Gasteiger partial charge in [0, 0.05) is 17.5 Å². The molecule has 3 nitrogen and oxygen atoms in total. The average molecular weight is 304 g/mol. The van der Waals surface area contributed by atoms with Gasteiger partial charge in [0.2, 0.25) is 0 Å². The second-order valence-electron chi connectivity index (χ2n) is 4.44. The Morgan fingerprint density at radius 3 is 2.85 bits per heavy atom. The number of anilines is 1. The molecule has 0 atom stereocenters. The van der Waals surface area contributed by atoms with E-state index in [1.54, 1.807) is 11.3 Å². The summed E-state index contributed by atoms with van der Waals surface area (Å²) < 4.78 is 0. The van der Waals surface area contributed by atoms with E-state index in [9.17, 15) is 0 Å². The molecule has 0 bridgehead atoms.